The highest BCUT2D eigenvalue weighted by Gasteiger charge is 2.17. The van der Waals surface area contributed by atoms with Crippen LogP contribution in [-0.2, 0) is 0 Å². The molecule has 2 aromatic heterocycles. The van der Waals surface area contributed by atoms with E-state index in [1.165, 1.54) is 54.8 Å². The summed E-state index contributed by atoms with van der Waals surface area (Å²) in [6.45, 7) is 0. The summed E-state index contributed by atoms with van der Waals surface area (Å²) < 4.78 is 8.66. The highest BCUT2D eigenvalue weighted by atomic mass is 16.3. The van der Waals surface area contributed by atoms with Gasteiger partial charge in [-0.25, -0.2) is 0 Å². The number of nitrogens with zero attached hydrogens (tertiary/aromatic N) is 2. The molecule has 0 amide bonds. The van der Waals surface area contributed by atoms with E-state index in [0.29, 0.717) is 0 Å². The Balaban J connectivity index is 0.887. The third kappa shape index (κ3) is 6.67. The van der Waals surface area contributed by atoms with Crippen molar-refractivity contribution >= 4 is 71.6 Å². The van der Waals surface area contributed by atoms with Crippen molar-refractivity contribution in [1.82, 2.24) is 4.57 Å². The third-order valence-electron chi connectivity index (χ3n) is 13.4. The van der Waals surface area contributed by atoms with E-state index >= 15 is 0 Å². The molecule has 0 spiro atoms. The predicted octanol–water partition coefficient (Wildman–Crippen LogP) is 18.0. The van der Waals surface area contributed by atoms with E-state index in [0.717, 1.165) is 66.9 Å². The van der Waals surface area contributed by atoms with Crippen LogP contribution in [0.25, 0.3) is 105 Å². The maximum absolute atomic E-state index is 6.28. The van der Waals surface area contributed by atoms with E-state index in [9.17, 15) is 0 Å². The van der Waals surface area contributed by atoms with Crippen molar-refractivity contribution in [1.29, 1.82) is 0 Å². The van der Waals surface area contributed by atoms with Crippen LogP contribution in [0.3, 0.4) is 0 Å². The molecule has 3 heteroatoms. The van der Waals surface area contributed by atoms with Gasteiger partial charge in [-0.15, -0.1) is 0 Å². The average Bonchev–Trinajstić information content (AvgIpc) is 3.95. The highest BCUT2D eigenvalue weighted by molar-refractivity contribution is 6.10. The van der Waals surface area contributed by atoms with Crippen LogP contribution in [-0.4, -0.2) is 4.57 Å². The summed E-state index contributed by atoms with van der Waals surface area (Å²) >= 11 is 0. The summed E-state index contributed by atoms with van der Waals surface area (Å²) in [5.41, 5.74) is 18.0. The summed E-state index contributed by atoms with van der Waals surface area (Å²) in [4.78, 5) is 2.35. The Morgan fingerprint density at radius 2 is 0.761 bits per heavy atom. The van der Waals surface area contributed by atoms with Crippen LogP contribution in [0.2, 0.25) is 0 Å². The zero-order chi connectivity index (χ0) is 44.3. The first-order valence-electron chi connectivity index (χ1n) is 22.9. The Morgan fingerprint density at radius 3 is 1.39 bits per heavy atom. The molecule has 2 heterocycles. The monoisotopic (exact) mass is 854 g/mol. The highest BCUT2D eigenvalue weighted by Crippen LogP contribution is 2.42. The lowest BCUT2D eigenvalue weighted by molar-refractivity contribution is 0.669. The van der Waals surface area contributed by atoms with Crippen LogP contribution >= 0.6 is 0 Å². The van der Waals surface area contributed by atoms with Gasteiger partial charge in [-0.3, -0.25) is 0 Å². The van der Waals surface area contributed by atoms with Gasteiger partial charge in [0.2, 0.25) is 0 Å². The van der Waals surface area contributed by atoms with Crippen molar-refractivity contribution in [2.24, 2.45) is 0 Å². The minimum absolute atomic E-state index is 0.896. The number of rotatable bonds is 8. The Kier molecular flexibility index (Phi) is 9.17. The summed E-state index contributed by atoms with van der Waals surface area (Å²) in [7, 11) is 0. The van der Waals surface area contributed by atoms with E-state index in [1.807, 2.05) is 12.1 Å². The molecule has 0 unspecified atom stereocenters. The van der Waals surface area contributed by atoms with Crippen molar-refractivity contribution in [3.8, 4) is 50.2 Å². The molecule has 314 valence electrons. The van der Waals surface area contributed by atoms with Crippen LogP contribution in [0.1, 0.15) is 0 Å². The van der Waals surface area contributed by atoms with Gasteiger partial charge in [-0.2, -0.15) is 0 Å². The first-order valence-corrected chi connectivity index (χ1v) is 22.9. The summed E-state index contributed by atoms with van der Waals surface area (Å²) in [5.74, 6) is 0. The number of anilines is 3. The van der Waals surface area contributed by atoms with Crippen molar-refractivity contribution in [3.05, 3.63) is 255 Å². The summed E-state index contributed by atoms with van der Waals surface area (Å²) in [5, 5.41) is 7.28. The van der Waals surface area contributed by atoms with E-state index in [4.69, 9.17) is 4.42 Å². The Labute approximate surface area is 388 Å². The molecule has 0 aliphatic rings. The van der Waals surface area contributed by atoms with Gasteiger partial charge in [0.15, 0.2) is 0 Å². The number of hydrogen-bond acceptors (Lipinski definition) is 2. The van der Waals surface area contributed by atoms with Crippen molar-refractivity contribution < 1.29 is 4.42 Å². The Bertz CT molecular complexity index is 3900. The van der Waals surface area contributed by atoms with E-state index in [2.05, 4.69) is 252 Å². The minimum atomic E-state index is 0.896. The number of furan rings is 1. The number of benzene rings is 11. The van der Waals surface area contributed by atoms with E-state index < -0.39 is 0 Å². The molecule has 0 aliphatic carbocycles. The van der Waals surface area contributed by atoms with Gasteiger partial charge in [0.25, 0.3) is 0 Å². The molecule has 0 saturated heterocycles. The van der Waals surface area contributed by atoms with Gasteiger partial charge in [-0.05, 0) is 134 Å². The molecule has 0 saturated carbocycles. The molecule has 0 N–H and O–H groups in total. The minimum Gasteiger partial charge on any atom is -0.456 e. The molecule has 0 fully saturated rings. The quantitative estimate of drug-likeness (QED) is 0.152. The lowest BCUT2D eigenvalue weighted by atomic mass is 9.91. The second-order valence-electron chi connectivity index (χ2n) is 17.3. The first kappa shape index (κ1) is 38.5. The molecular weight excluding hydrogens is 813 g/mol. The van der Waals surface area contributed by atoms with Crippen molar-refractivity contribution in [2.45, 2.75) is 0 Å². The Morgan fingerprint density at radius 1 is 0.299 bits per heavy atom. The van der Waals surface area contributed by atoms with Crippen molar-refractivity contribution in [2.75, 3.05) is 4.90 Å². The van der Waals surface area contributed by atoms with Gasteiger partial charge in [-0.1, -0.05) is 176 Å². The van der Waals surface area contributed by atoms with Gasteiger partial charge < -0.3 is 13.9 Å². The van der Waals surface area contributed by atoms with Gasteiger partial charge >= 0.3 is 0 Å². The van der Waals surface area contributed by atoms with Gasteiger partial charge in [0, 0.05) is 44.3 Å². The summed E-state index contributed by atoms with van der Waals surface area (Å²) in [6.07, 6.45) is 0. The van der Waals surface area contributed by atoms with Crippen molar-refractivity contribution in [3.63, 3.8) is 0 Å². The van der Waals surface area contributed by atoms with Gasteiger partial charge in [0.1, 0.15) is 11.2 Å². The maximum Gasteiger partial charge on any atom is 0.136 e. The second-order valence-corrected chi connectivity index (χ2v) is 17.3. The number of fused-ring (bicyclic) bond motifs is 7. The van der Waals surface area contributed by atoms with Crippen LogP contribution in [0.4, 0.5) is 17.1 Å². The number of para-hydroxylation sites is 3. The van der Waals surface area contributed by atoms with Crippen LogP contribution in [0.5, 0.6) is 0 Å². The topological polar surface area (TPSA) is 21.3 Å². The van der Waals surface area contributed by atoms with Crippen LogP contribution < -0.4 is 4.90 Å². The van der Waals surface area contributed by atoms with Gasteiger partial charge in [0.05, 0.1) is 11.0 Å². The molecule has 0 radical (unpaired) electrons. The largest absolute Gasteiger partial charge is 0.456 e. The predicted molar refractivity (Wildman–Crippen MR) is 282 cm³/mol. The average molecular weight is 855 g/mol. The summed E-state index contributed by atoms with van der Waals surface area (Å²) in [6, 6.07) is 91.9. The normalized spacial score (nSPS) is 11.6. The molecule has 3 nitrogen and oxygen atoms in total. The van der Waals surface area contributed by atoms with Crippen LogP contribution in [0, 0.1) is 0 Å². The lowest BCUT2D eigenvalue weighted by Gasteiger charge is -2.26. The number of aromatic nitrogens is 1. The fourth-order valence-electron chi connectivity index (χ4n) is 10.2. The molecule has 0 atom stereocenters. The SMILES string of the molecule is c1ccc(-c2cccc3cccc(-c4ccc(N(c5ccc(-c6cccc(-n7c8ccccc8c8ccccc87)c6)cc5)c5ccc(-c6ccc7c(c6)oc6ccccc67)cc5)cc4)c23)cc1. The Hall–Kier alpha value is -8.92. The third-order valence-corrected chi connectivity index (χ3v) is 13.4. The van der Waals surface area contributed by atoms with Crippen LogP contribution in [0.15, 0.2) is 259 Å². The smallest absolute Gasteiger partial charge is 0.136 e. The molecule has 0 bridgehead atoms. The molecule has 11 aromatic carbocycles. The fourth-order valence-corrected chi connectivity index (χ4v) is 10.2. The van der Waals surface area contributed by atoms with E-state index in [1.54, 1.807) is 0 Å². The fraction of sp³-hybridized carbons (Fsp3) is 0. The second kappa shape index (κ2) is 16.0. The standard InChI is InChI=1S/C64H42N2O/c1-2-13-45(14-3-1)54-22-11-15-47-16-12-23-55(64(47)54)46-31-38-52(39-32-46)65(51-36-29-44(30-37-51)49-33-40-59-58-21-6-9-26-62(58)67-63(59)42-49)50-34-27-43(28-35-50)48-17-10-18-53(41-48)66-60-24-7-4-19-56(60)57-20-5-8-25-61(57)66/h1-42H. The number of hydrogen-bond donors (Lipinski definition) is 0. The molecule has 67 heavy (non-hydrogen) atoms. The lowest BCUT2D eigenvalue weighted by Crippen LogP contribution is -2.09. The molecule has 13 aromatic rings. The zero-order valence-electron chi connectivity index (χ0n) is 36.6. The first-order chi connectivity index (χ1) is 33.2. The van der Waals surface area contributed by atoms with E-state index in [-0.39, 0.29) is 0 Å². The molecule has 13 rings (SSSR count). The zero-order valence-corrected chi connectivity index (χ0v) is 36.6. The molecular formula is C64H42N2O. The maximum atomic E-state index is 6.28. The molecule has 0 aliphatic heterocycles.